The number of hydrogen-bond donors (Lipinski definition) is 4. The molecule has 20 heavy (non-hydrogen) atoms. The lowest BCUT2D eigenvalue weighted by Crippen LogP contribution is -2.44. The van der Waals surface area contributed by atoms with Crippen molar-refractivity contribution in [2.24, 2.45) is 5.11 Å². The van der Waals surface area contributed by atoms with E-state index in [1.807, 2.05) is 0 Å². The first kappa shape index (κ1) is 14.7. The van der Waals surface area contributed by atoms with E-state index in [0.717, 1.165) is 6.07 Å². The number of hydrogen-bond acceptors (Lipinski definition) is 7. The first-order chi connectivity index (χ1) is 9.45. The minimum Gasteiger partial charge on any atom is -0.393 e. The molecule has 0 saturated carbocycles. The average molecular weight is 301 g/mol. The molecule has 0 amide bonds. The van der Waals surface area contributed by atoms with Gasteiger partial charge in [-0.15, -0.1) is 0 Å². The number of H-pyrrole nitrogens is 1. The van der Waals surface area contributed by atoms with Crippen molar-refractivity contribution in [3.05, 3.63) is 37.8 Å². The smallest absolute Gasteiger partial charge is 0.251 e. The molecule has 2 heterocycles. The molecule has 1 aliphatic rings. The number of nitrogens with zero attached hydrogens (tertiary/aromatic N) is 4. The van der Waals surface area contributed by atoms with Gasteiger partial charge in [-0.25, -0.2) is 0 Å². The van der Waals surface area contributed by atoms with Crippen molar-refractivity contribution in [2.75, 3.05) is 6.61 Å². The van der Waals surface area contributed by atoms with Gasteiger partial charge in [-0.3, -0.25) is 14.3 Å². The highest BCUT2D eigenvalue weighted by Gasteiger charge is 2.54. The van der Waals surface area contributed by atoms with Crippen LogP contribution >= 0.6 is 12.2 Å². The Balaban J connectivity index is 2.47. The van der Waals surface area contributed by atoms with Crippen LogP contribution in [-0.4, -0.2) is 49.4 Å². The third-order valence-electron chi connectivity index (χ3n) is 2.97. The zero-order chi connectivity index (χ0) is 14.9. The van der Waals surface area contributed by atoms with Crippen molar-refractivity contribution in [2.45, 2.75) is 24.2 Å². The fourth-order valence-electron chi connectivity index (χ4n) is 1.94. The number of aliphatic hydroxyl groups is 3. The molecule has 10 nitrogen and oxygen atoms in total. The maximum absolute atomic E-state index is 11.1. The molecule has 11 heteroatoms. The standard InChI is InChI=1S/C9H11N5O5S/c10-13-12-9(3-15)6(18)5(17)7(19-9)14-2-1-4(16)11-8(14)20/h1-2,5-7,15,17-18H,3H2,(H,11,16,20)/t5-,6+,7-,9-/m1/s1. The number of rotatable bonds is 3. The molecule has 0 unspecified atom stereocenters. The summed E-state index contributed by atoms with van der Waals surface area (Å²) >= 11 is 4.91. The summed E-state index contributed by atoms with van der Waals surface area (Å²) in [5.74, 6) is 0. The molecule has 4 atom stereocenters. The molecule has 0 aromatic carbocycles. The lowest BCUT2D eigenvalue weighted by Gasteiger charge is -2.23. The van der Waals surface area contributed by atoms with Crippen LogP contribution in [-0.2, 0) is 4.74 Å². The fourth-order valence-corrected chi connectivity index (χ4v) is 2.21. The topological polar surface area (TPSA) is 156 Å². The van der Waals surface area contributed by atoms with Crippen molar-refractivity contribution in [3.63, 3.8) is 0 Å². The monoisotopic (exact) mass is 301 g/mol. The van der Waals surface area contributed by atoms with Gasteiger partial charge >= 0.3 is 0 Å². The van der Waals surface area contributed by atoms with Crippen LogP contribution in [0.3, 0.4) is 0 Å². The first-order valence-corrected chi connectivity index (χ1v) is 5.88. The summed E-state index contributed by atoms with van der Waals surface area (Å²) in [6.45, 7) is -0.831. The van der Waals surface area contributed by atoms with Gasteiger partial charge in [0.25, 0.3) is 5.56 Å². The molecule has 1 aromatic rings. The van der Waals surface area contributed by atoms with E-state index in [9.17, 15) is 20.1 Å². The van der Waals surface area contributed by atoms with Crippen molar-refractivity contribution in [1.29, 1.82) is 0 Å². The summed E-state index contributed by atoms with van der Waals surface area (Å²) in [5.41, 5.74) is 6.02. The lowest BCUT2D eigenvalue weighted by molar-refractivity contribution is -0.124. The van der Waals surface area contributed by atoms with Gasteiger partial charge in [-0.1, -0.05) is 5.11 Å². The number of azide groups is 1. The summed E-state index contributed by atoms with van der Waals surface area (Å²) < 4.78 is 6.40. The molecular formula is C9H11N5O5S. The summed E-state index contributed by atoms with van der Waals surface area (Å²) in [6.07, 6.45) is -3.12. The quantitative estimate of drug-likeness (QED) is 0.246. The summed E-state index contributed by atoms with van der Waals surface area (Å²) in [5, 5.41) is 32.3. The molecule has 1 saturated heterocycles. The van der Waals surface area contributed by atoms with Gasteiger partial charge in [0.15, 0.2) is 11.0 Å². The Bertz CT molecular complexity index is 667. The largest absolute Gasteiger partial charge is 0.393 e. The zero-order valence-corrected chi connectivity index (χ0v) is 10.8. The van der Waals surface area contributed by atoms with Crippen LogP contribution < -0.4 is 5.56 Å². The van der Waals surface area contributed by atoms with E-state index in [4.69, 9.17) is 22.5 Å². The van der Waals surface area contributed by atoms with Crippen molar-refractivity contribution in [1.82, 2.24) is 9.55 Å². The average Bonchev–Trinajstić information content (AvgIpc) is 2.65. The summed E-state index contributed by atoms with van der Waals surface area (Å²) in [7, 11) is 0. The van der Waals surface area contributed by atoms with Gasteiger partial charge in [-0.05, 0) is 17.7 Å². The SMILES string of the molecule is [N-]=[N+]=N[C@]1(CO)O[C@@H](n2ccc(=O)[nH]c2=S)[C@H](O)[C@@H]1O. The molecule has 108 valence electrons. The number of aliphatic hydroxyl groups excluding tert-OH is 3. The van der Waals surface area contributed by atoms with Gasteiger partial charge in [0.05, 0.1) is 6.61 Å². The van der Waals surface area contributed by atoms with Crippen LogP contribution in [0.5, 0.6) is 0 Å². The van der Waals surface area contributed by atoms with E-state index >= 15 is 0 Å². The number of nitrogens with one attached hydrogen (secondary N) is 1. The Morgan fingerprint density at radius 3 is 2.90 bits per heavy atom. The molecule has 0 aliphatic carbocycles. The third-order valence-corrected chi connectivity index (χ3v) is 3.28. The minimum atomic E-state index is -2.01. The van der Waals surface area contributed by atoms with E-state index in [-0.39, 0.29) is 4.77 Å². The Morgan fingerprint density at radius 2 is 2.35 bits per heavy atom. The zero-order valence-electron chi connectivity index (χ0n) is 9.95. The second-order valence-electron chi connectivity index (χ2n) is 4.15. The van der Waals surface area contributed by atoms with Crippen LogP contribution in [0.25, 0.3) is 10.4 Å². The molecular weight excluding hydrogens is 290 g/mol. The molecule has 1 aliphatic heterocycles. The predicted octanol–water partition coefficient (Wildman–Crippen LogP) is -0.845. The Labute approximate surface area is 116 Å². The first-order valence-electron chi connectivity index (χ1n) is 5.48. The van der Waals surface area contributed by atoms with Crippen molar-refractivity contribution >= 4 is 12.2 Å². The summed E-state index contributed by atoms with van der Waals surface area (Å²) in [6, 6.07) is 1.14. The number of aromatic amines is 1. The molecule has 0 radical (unpaired) electrons. The van der Waals surface area contributed by atoms with Gasteiger partial charge in [0.1, 0.15) is 12.2 Å². The maximum atomic E-state index is 11.1. The Kier molecular flexibility index (Phi) is 3.90. The van der Waals surface area contributed by atoms with Gasteiger partial charge in [0, 0.05) is 17.2 Å². The van der Waals surface area contributed by atoms with Crippen LogP contribution in [0.2, 0.25) is 0 Å². The highest BCUT2D eigenvalue weighted by Crippen LogP contribution is 2.38. The van der Waals surface area contributed by atoms with Crippen molar-refractivity contribution in [3.8, 4) is 0 Å². The summed E-state index contributed by atoms with van der Waals surface area (Å²) in [4.78, 5) is 15.9. The molecule has 0 spiro atoms. The minimum absolute atomic E-state index is 0.0524. The van der Waals surface area contributed by atoms with E-state index in [2.05, 4.69) is 15.0 Å². The van der Waals surface area contributed by atoms with Crippen molar-refractivity contribution < 1.29 is 20.1 Å². The highest BCUT2D eigenvalue weighted by atomic mass is 32.1. The second kappa shape index (κ2) is 5.32. The normalized spacial score (nSPS) is 32.9. The highest BCUT2D eigenvalue weighted by molar-refractivity contribution is 7.71. The molecule has 2 rings (SSSR count). The second-order valence-corrected chi connectivity index (χ2v) is 4.54. The number of ether oxygens (including phenoxy) is 1. The van der Waals surface area contributed by atoms with Gasteiger partial charge < -0.3 is 20.1 Å². The van der Waals surface area contributed by atoms with E-state index in [1.165, 1.54) is 10.8 Å². The molecule has 4 N–H and O–H groups in total. The number of aromatic nitrogens is 2. The molecule has 1 aromatic heterocycles. The van der Waals surface area contributed by atoms with Crippen LogP contribution in [0.4, 0.5) is 0 Å². The van der Waals surface area contributed by atoms with Crippen LogP contribution in [0, 0.1) is 4.77 Å². The Morgan fingerprint density at radius 1 is 1.65 bits per heavy atom. The predicted molar refractivity (Wildman–Crippen MR) is 67.0 cm³/mol. The molecule has 0 bridgehead atoms. The van der Waals surface area contributed by atoms with E-state index in [0.29, 0.717) is 0 Å². The fraction of sp³-hybridized carbons (Fsp3) is 0.556. The van der Waals surface area contributed by atoms with Gasteiger partial charge in [-0.2, -0.15) is 0 Å². The van der Waals surface area contributed by atoms with Crippen LogP contribution in [0.1, 0.15) is 6.23 Å². The third kappa shape index (κ3) is 2.22. The molecule has 1 fully saturated rings. The maximum Gasteiger partial charge on any atom is 0.251 e. The van der Waals surface area contributed by atoms with Gasteiger partial charge in [0.2, 0.25) is 5.72 Å². The van der Waals surface area contributed by atoms with E-state index < -0.39 is 36.3 Å². The Hall–Kier alpha value is -1.75. The van der Waals surface area contributed by atoms with Crippen LogP contribution in [0.15, 0.2) is 22.2 Å². The lowest BCUT2D eigenvalue weighted by atomic mass is 10.1. The van der Waals surface area contributed by atoms with E-state index in [1.54, 1.807) is 0 Å².